The van der Waals surface area contributed by atoms with E-state index < -0.39 is 6.09 Å². The van der Waals surface area contributed by atoms with Gasteiger partial charge in [0.05, 0.1) is 23.4 Å². The standard InChI is InChI=1S/C22H32N4O4/c1-15-12-19(23-13-18(15)24(2)21(29)30)25-10-3-8-22(14-25)9-11-26(20(22)28)16-4-6-17(27)7-5-16/h12-13,16-17,27H,3-11,14H2,1-2H3,(H,29,30)/t16-,17-,22?. The molecule has 2 aliphatic heterocycles. The fraction of sp³-hybridized carbons (Fsp3) is 0.682. The molecular formula is C22H32N4O4. The molecule has 0 bridgehead atoms. The van der Waals surface area contributed by atoms with Gasteiger partial charge in [0, 0.05) is 32.7 Å². The van der Waals surface area contributed by atoms with Gasteiger partial charge in [0.1, 0.15) is 5.82 Å². The zero-order chi connectivity index (χ0) is 21.5. The highest BCUT2D eigenvalue weighted by Gasteiger charge is 2.50. The van der Waals surface area contributed by atoms with Crippen LogP contribution in [-0.4, -0.2) is 70.9 Å². The first-order valence-electron chi connectivity index (χ1n) is 11.0. The van der Waals surface area contributed by atoms with Crippen molar-refractivity contribution in [2.45, 2.75) is 64.0 Å². The smallest absolute Gasteiger partial charge is 0.411 e. The lowest BCUT2D eigenvalue weighted by atomic mass is 9.78. The van der Waals surface area contributed by atoms with Gasteiger partial charge in [0.2, 0.25) is 5.91 Å². The molecule has 1 aromatic heterocycles. The number of carbonyl (C=O) groups excluding carboxylic acids is 1. The van der Waals surface area contributed by atoms with Crippen molar-refractivity contribution in [2.24, 2.45) is 5.41 Å². The molecule has 2 N–H and O–H groups in total. The zero-order valence-electron chi connectivity index (χ0n) is 17.9. The van der Waals surface area contributed by atoms with Gasteiger partial charge in [-0.15, -0.1) is 0 Å². The number of hydrogen-bond acceptors (Lipinski definition) is 5. The molecule has 0 aromatic carbocycles. The molecule has 1 aliphatic carbocycles. The Morgan fingerprint density at radius 3 is 2.63 bits per heavy atom. The van der Waals surface area contributed by atoms with E-state index in [1.54, 1.807) is 6.20 Å². The quantitative estimate of drug-likeness (QED) is 0.786. The summed E-state index contributed by atoms with van der Waals surface area (Å²) in [6, 6.07) is 2.19. The van der Waals surface area contributed by atoms with Crippen molar-refractivity contribution < 1.29 is 19.8 Å². The Bertz CT molecular complexity index is 823. The van der Waals surface area contributed by atoms with Crippen molar-refractivity contribution in [3.8, 4) is 0 Å². The lowest BCUT2D eigenvalue weighted by Gasteiger charge is -2.41. The maximum absolute atomic E-state index is 13.5. The molecule has 3 fully saturated rings. The SMILES string of the molecule is Cc1cc(N2CCCC3(CCN([C@H]4CC[C@H](O)CC4)C3=O)C2)ncc1N(C)C(=O)O. The lowest BCUT2D eigenvalue weighted by Crippen LogP contribution is -2.50. The van der Waals surface area contributed by atoms with Crippen LogP contribution < -0.4 is 9.80 Å². The Morgan fingerprint density at radius 2 is 1.97 bits per heavy atom. The number of rotatable bonds is 3. The van der Waals surface area contributed by atoms with Crippen molar-refractivity contribution in [3.63, 3.8) is 0 Å². The fourth-order valence-electron chi connectivity index (χ4n) is 5.43. The van der Waals surface area contributed by atoms with Gasteiger partial charge in [-0.3, -0.25) is 9.69 Å². The third-order valence-corrected chi connectivity index (χ3v) is 7.27. The second-order valence-electron chi connectivity index (χ2n) is 9.19. The van der Waals surface area contributed by atoms with Crippen LogP contribution in [0.1, 0.15) is 50.5 Å². The Balaban J connectivity index is 1.49. The molecule has 2 saturated heterocycles. The van der Waals surface area contributed by atoms with E-state index in [0.29, 0.717) is 12.2 Å². The van der Waals surface area contributed by atoms with Crippen LogP contribution in [0, 0.1) is 12.3 Å². The number of hydrogen-bond donors (Lipinski definition) is 2. The van der Waals surface area contributed by atoms with E-state index in [-0.39, 0.29) is 23.5 Å². The van der Waals surface area contributed by atoms with Gasteiger partial charge in [0.25, 0.3) is 0 Å². The average Bonchev–Trinajstić information content (AvgIpc) is 3.03. The number of likely N-dealkylation sites (tertiary alicyclic amines) is 1. The molecule has 8 heteroatoms. The third-order valence-electron chi connectivity index (χ3n) is 7.27. The van der Waals surface area contributed by atoms with Crippen LogP contribution in [0.15, 0.2) is 12.3 Å². The Morgan fingerprint density at radius 1 is 1.23 bits per heavy atom. The van der Waals surface area contributed by atoms with E-state index in [9.17, 15) is 19.8 Å². The number of nitrogens with zero attached hydrogens (tertiary/aromatic N) is 4. The number of anilines is 2. The molecule has 3 aliphatic rings. The highest BCUT2D eigenvalue weighted by Crippen LogP contribution is 2.43. The molecule has 1 unspecified atom stereocenters. The normalized spacial score (nSPS) is 29.5. The second-order valence-corrected chi connectivity index (χ2v) is 9.19. The van der Waals surface area contributed by atoms with Crippen molar-refractivity contribution >= 4 is 23.5 Å². The molecule has 3 heterocycles. The first kappa shape index (κ1) is 20.9. The first-order chi connectivity index (χ1) is 14.3. The van der Waals surface area contributed by atoms with E-state index in [4.69, 9.17) is 0 Å². The second kappa shape index (κ2) is 8.06. The number of aliphatic hydroxyl groups excluding tert-OH is 1. The van der Waals surface area contributed by atoms with Crippen LogP contribution in [0.5, 0.6) is 0 Å². The summed E-state index contributed by atoms with van der Waals surface area (Å²) in [5, 5.41) is 19.0. The summed E-state index contributed by atoms with van der Waals surface area (Å²) in [5.41, 5.74) is 1.07. The monoisotopic (exact) mass is 416 g/mol. The maximum Gasteiger partial charge on any atom is 0.411 e. The summed E-state index contributed by atoms with van der Waals surface area (Å²) in [6.45, 7) is 4.21. The molecule has 2 amide bonds. The molecule has 4 rings (SSSR count). The van der Waals surface area contributed by atoms with Crippen LogP contribution in [0.25, 0.3) is 0 Å². The van der Waals surface area contributed by atoms with Crippen molar-refractivity contribution in [3.05, 3.63) is 17.8 Å². The van der Waals surface area contributed by atoms with Crippen LogP contribution in [0.3, 0.4) is 0 Å². The molecule has 0 radical (unpaired) electrons. The number of carboxylic acid groups (broad SMARTS) is 1. The Hall–Kier alpha value is -2.35. The molecule has 1 saturated carbocycles. The number of piperidine rings is 1. The topological polar surface area (TPSA) is 97.2 Å². The summed E-state index contributed by atoms with van der Waals surface area (Å²) in [7, 11) is 1.51. The number of aromatic nitrogens is 1. The highest BCUT2D eigenvalue weighted by atomic mass is 16.4. The Labute approximate surface area is 177 Å². The minimum absolute atomic E-state index is 0.212. The van der Waals surface area contributed by atoms with Gasteiger partial charge in [-0.05, 0) is 63.5 Å². The number of carbonyl (C=O) groups is 2. The minimum atomic E-state index is -1.02. The van der Waals surface area contributed by atoms with Crippen LogP contribution >= 0.6 is 0 Å². The largest absolute Gasteiger partial charge is 0.465 e. The summed E-state index contributed by atoms with van der Waals surface area (Å²) in [5.74, 6) is 1.08. The average molecular weight is 417 g/mol. The van der Waals surface area contributed by atoms with E-state index in [2.05, 4.69) is 14.8 Å². The molecular weight excluding hydrogens is 384 g/mol. The van der Waals surface area contributed by atoms with Crippen LogP contribution in [0.4, 0.5) is 16.3 Å². The predicted octanol–water partition coefficient (Wildman–Crippen LogP) is 2.63. The van der Waals surface area contributed by atoms with Gasteiger partial charge in [0.15, 0.2) is 0 Å². The van der Waals surface area contributed by atoms with Crippen LogP contribution in [0.2, 0.25) is 0 Å². The van der Waals surface area contributed by atoms with E-state index in [1.807, 2.05) is 13.0 Å². The zero-order valence-corrected chi connectivity index (χ0v) is 17.9. The highest BCUT2D eigenvalue weighted by molar-refractivity contribution is 5.87. The molecule has 1 atom stereocenters. The first-order valence-corrected chi connectivity index (χ1v) is 11.0. The van der Waals surface area contributed by atoms with E-state index in [1.165, 1.54) is 11.9 Å². The molecule has 1 spiro atoms. The lowest BCUT2D eigenvalue weighted by molar-refractivity contribution is -0.139. The number of aliphatic hydroxyl groups is 1. The maximum atomic E-state index is 13.5. The van der Waals surface area contributed by atoms with Gasteiger partial charge in [-0.2, -0.15) is 0 Å². The summed E-state index contributed by atoms with van der Waals surface area (Å²) < 4.78 is 0. The minimum Gasteiger partial charge on any atom is -0.465 e. The number of amides is 2. The molecule has 164 valence electrons. The summed E-state index contributed by atoms with van der Waals surface area (Å²) >= 11 is 0. The summed E-state index contributed by atoms with van der Waals surface area (Å²) in [4.78, 5) is 34.7. The molecule has 8 nitrogen and oxygen atoms in total. The number of pyridine rings is 1. The predicted molar refractivity (Wildman–Crippen MR) is 114 cm³/mol. The van der Waals surface area contributed by atoms with E-state index in [0.717, 1.165) is 69.4 Å². The third kappa shape index (κ3) is 3.73. The molecule has 1 aromatic rings. The number of aryl methyl sites for hydroxylation is 1. The van der Waals surface area contributed by atoms with Gasteiger partial charge < -0.3 is 20.0 Å². The van der Waals surface area contributed by atoms with E-state index >= 15 is 0 Å². The van der Waals surface area contributed by atoms with Gasteiger partial charge in [-0.25, -0.2) is 9.78 Å². The Kier molecular flexibility index (Phi) is 5.61. The fourth-order valence-corrected chi connectivity index (χ4v) is 5.43. The van der Waals surface area contributed by atoms with Gasteiger partial charge >= 0.3 is 6.09 Å². The van der Waals surface area contributed by atoms with Crippen molar-refractivity contribution in [1.82, 2.24) is 9.88 Å². The molecule has 30 heavy (non-hydrogen) atoms. The van der Waals surface area contributed by atoms with Gasteiger partial charge in [-0.1, -0.05) is 0 Å². The summed E-state index contributed by atoms with van der Waals surface area (Å²) in [6.07, 6.45) is 6.47. The van der Waals surface area contributed by atoms with Crippen molar-refractivity contribution in [1.29, 1.82) is 0 Å². The van der Waals surface area contributed by atoms with Crippen molar-refractivity contribution in [2.75, 3.05) is 36.5 Å². The van der Waals surface area contributed by atoms with Crippen LogP contribution in [-0.2, 0) is 4.79 Å².